The van der Waals surface area contributed by atoms with Crippen LogP contribution in [-0.2, 0) is 6.42 Å². The van der Waals surface area contributed by atoms with Crippen molar-refractivity contribution in [2.75, 3.05) is 14.2 Å². The first kappa shape index (κ1) is 12.5. The lowest BCUT2D eigenvalue weighted by molar-refractivity contribution is 0.104. The molecule has 0 aliphatic heterocycles. The Kier molecular flexibility index (Phi) is 3.06. The first-order valence-corrected chi connectivity index (χ1v) is 6.26. The molecule has 0 amide bonds. The first-order chi connectivity index (χ1) is 9.72. The molecule has 0 spiro atoms. The predicted octanol–water partition coefficient (Wildman–Crippen LogP) is 3.12. The number of fused-ring (bicyclic) bond motifs is 1. The summed E-state index contributed by atoms with van der Waals surface area (Å²) in [5, 5.41) is 0. The molecule has 0 atom stereocenters. The van der Waals surface area contributed by atoms with Crippen LogP contribution in [0, 0.1) is 0 Å². The fourth-order valence-corrected chi connectivity index (χ4v) is 2.40. The quantitative estimate of drug-likeness (QED) is 0.804. The molecule has 0 fully saturated rings. The minimum absolute atomic E-state index is 0.0114. The maximum absolute atomic E-state index is 12.4. The molecule has 20 heavy (non-hydrogen) atoms. The van der Waals surface area contributed by atoms with Crippen molar-refractivity contribution in [3.63, 3.8) is 0 Å². The molecule has 0 bridgehead atoms. The Bertz CT molecular complexity index is 681. The van der Waals surface area contributed by atoms with E-state index in [1.54, 1.807) is 38.7 Å². The monoisotopic (exact) mass is 270 g/mol. The smallest absolute Gasteiger partial charge is 0.189 e. The highest BCUT2D eigenvalue weighted by Gasteiger charge is 2.27. The maximum Gasteiger partial charge on any atom is 0.189 e. The van der Waals surface area contributed by atoms with Crippen molar-refractivity contribution in [1.82, 2.24) is 0 Å². The molecule has 0 N–H and O–H groups in total. The molecule has 4 heteroatoms. The third kappa shape index (κ3) is 1.99. The molecule has 3 rings (SSSR count). The molecule has 1 aromatic heterocycles. The molecule has 102 valence electrons. The summed E-state index contributed by atoms with van der Waals surface area (Å²) in [6.07, 6.45) is 3.95. The second-order valence-electron chi connectivity index (χ2n) is 4.56. The van der Waals surface area contributed by atoms with E-state index in [0.717, 1.165) is 5.56 Å². The highest BCUT2D eigenvalue weighted by molar-refractivity contribution is 6.15. The Hall–Kier alpha value is -2.49. The van der Waals surface area contributed by atoms with Gasteiger partial charge in [-0.15, -0.1) is 0 Å². The third-order valence-electron chi connectivity index (χ3n) is 3.39. The third-order valence-corrected chi connectivity index (χ3v) is 3.39. The summed E-state index contributed by atoms with van der Waals surface area (Å²) < 4.78 is 15.8. The van der Waals surface area contributed by atoms with E-state index in [1.807, 2.05) is 12.1 Å². The average molecular weight is 270 g/mol. The van der Waals surface area contributed by atoms with Gasteiger partial charge in [0.05, 0.1) is 20.5 Å². The number of methoxy groups -OCH3 is 2. The summed E-state index contributed by atoms with van der Waals surface area (Å²) in [7, 11) is 3.14. The highest BCUT2D eigenvalue weighted by atomic mass is 16.5. The fraction of sp³-hybridized carbons (Fsp3) is 0.188. The first-order valence-electron chi connectivity index (χ1n) is 6.26. The van der Waals surface area contributed by atoms with Gasteiger partial charge in [-0.2, -0.15) is 0 Å². The zero-order valence-electron chi connectivity index (χ0n) is 11.3. The summed E-state index contributed by atoms with van der Waals surface area (Å²) in [5.41, 5.74) is 2.33. The number of ether oxygens (including phenoxy) is 2. The van der Waals surface area contributed by atoms with E-state index in [-0.39, 0.29) is 5.78 Å². The summed E-state index contributed by atoms with van der Waals surface area (Å²) in [5.74, 6) is 1.90. The standard InChI is InChI=1S/C16H14O4/c1-18-14-8-10-6-11(7-12-4-3-5-20-12)16(17)13(10)9-15(14)19-2/h3-5,7-9H,6H2,1-2H3/b11-7-. The Morgan fingerprint density at radius 2 is 1.95 bits per heavy atom. The van der Waals surface area contributed by atoms with Crippen LogP contribution in [0.3, 0.4) is 0 Å². The van der Waals surface area contributed by atoms with Crippen molar-refractivity contribution in [2.45, 2.75) is 6.42 Å². The van der Waals surface area contributed by atoms with E-state index in [1.165, 1.54) is 0 Å². The van der Waals surface area contributed by atoms with Gasteiger partial charge in [-0.05, 0) is 35.9 Å². The van der Waals surface area contributed by atoms with Gasteiger partial charge in [-0.1, -0.05) is 0 Å². The number of ketones is 1. The van der Waals surface area contributed by atoms with Crippen molar-refractivity contribution in [1.29, 1.82) is 0 Å². The maximum atomic E-state index is 12.4. The largest absolute Gasteiger partial charge is 0.493 e. The summed E-state index contributed by atoms with van der Waals surface area (Å²) >= 11 is 0. The molecule has 1 aliphatic carbocycles. The Labute approximate surface area is 116 Å². The molecular weight excluding hydrogens is 256 g/mol. The van der Waals surface area contributed by atoms with Gasteiger partial charge in [0.2, 0.25) is 0 Å². The molecule has 0 radical (unpaired) electrons. The number of carbonyl (C=O) groups is 1. The van der Waals surface area contributed by atoms with Gasteiger partial charge in [0.25, 0.3) is 0 Å². The summed E-state index contributed by atoms with van der Waals surface area (Å²) in [4.78, 5) is 12.4. The van der Waals surface area contributed by atoms with Crippen LogP contribution in [0.5, 0.6) is 11.5 Å². The Morgan fingerprint density at radius 1 is 1.20 bits per heavy atom. The van der Waals surface area contributed by atoms with Crippen molar-refractivity contribution in [3.05, 3.63) is 53.0 Å². The number of allylic oxidation sites excluding steroid dienone is 1. The van der Waals surface area contributed by atoms with Crippen molar-refractivity contribution in [3.8, 4) is 11.5 Å². The topological polar surface area (TPSA) is 48.7 Å². The summed E-state index contributed by atoms with van der Waals surface area (Å²) in [6.45, 7) is 0. The number of carbonyl (C=O) groups excluding carboxylic acids is 1. The van der Waals surface area contributed by atoms with E-state index in [0.29, 0.717) is 34.8 Å². The van der Waals surface area contributed by atoms with E-state index >= 15 is 0 Å². The Balaban J connectivity index is 2.02. The van der Waals surface area contributed by atoms with Crippen LogP contribution in [0.25, 0.3) is 6.08 Å². The molecule has 0 unspecified atom stereocenters. The van der Waals surface area contributed by atoms with Crippen LogP contribution >= 0.6 is 0 Å². The minimum Gasteiger partial charge on any atom is -0.493 e. The summed E-state index contributed by atoms with van der Waals surface area (Å²) in [6, 6.07) is 7.21. The van der Waals surface area contributed by atoms with Crippen LogP contribution in [0.15, 0.2) is 40.5 Å². The van der Waals surface area contributed by atoms with Crippen LogP contribution in [0.1, 0.15) is 21.7 Å². The van der Waals surface area contributed by atoms with Crippen LogP contribution < -0.4 is 9.47 Å². The van der Waals surface area contributed by atoms with Crippen molar-refractivity contribution in [2.24, 2.45) is 0 Å². The van der Waals surface area contributed by atoms with E-state index in [2.05, 4.69) is 0 Å². The number of benzene rings is 1. The number of hydrogen-bond acceptors (Lipinski definition) is 4. The molecule has 2 aromatic rings. The number of rotatable bonds is 3. The fourth-order valence-electron chi connectivity index (χ4n) is 2.40. The lowest BCUT2D eigenvalue weighted by atomic mass is 10.1. The number of Topliss-reactive ketones (excluding diaryl/α,β-unsaturated/α-hetero) is 1. The normalized spacial score (nSPS) is 15.5. The molecule has 0 saturated heterocycles. The van der Waals surface area contributed by atoms with E-state index in [9.17, 15) is 4.79 Å². The molecule has 1 aliphatic rings. The van der Waals surface area contributed by atoms with Gasteiger partial charge < -0.3 is 13.9 Å². The van der Waals surface area contributed by atoms with Crippen LogP contribution in [0.2, 0.25) is 0 Å². The number of furan rings is 1. The molecule has 4 nitrogen and oxygen atoms in total. The second kappa shape index (κ2) is 4.89. The zero-order chi connectivity index (χ0) is 14.1. The van der Waals surface area contributed by atoms with E-state index in [4.69, 9.17) is 13.9 Å². The van der Waals surface area contributed by atoms with Gasteiger partial charge in [0.1, 0.15) is 5.76 Å². The number of hydrogen-bond donors (Lipinski definition) is 0. The van der Waals surface area contributed by atoms with Gasteiger partial charge in [-0.3, -0.25) is 4.79 Å². The van der Waals surface area contributed by atoms with Gasteiger partial charge in [0, 0.05) is 17.6 Å². The zero-order valence-corrected chi connectivity index (χ0v) is 11.3. The second-order valence-corrected chi connectivity index (χ2v) is 4.56. The predicted molar refractivity (Wildman–Crippen MR) is 74.3 cm³/mol. The minimum atomic E-state index is 0.0114. The molecular formula is C16H14O4. The van der Waals surface area contributed by atoms with Gasteiger partial charge >= 0.3 is 0 Å². The SMILES string of the molecule is COc1cc2c(cc1OC)C(=O)/C(=C\c1ccco1)C2. The van der Waals surface area contributed by atoms with E-state index < -0.39 is 0 Å². The lowest BCUT2D eigenvalue weighted by Gasteiger charge is -2.08. The molecule has 1 heterocycles. The lowest BCUT2D eigenvalue weighted by Crippen LogP contribution is -1.97. The Morgan fingerprint density at radius 3 is 2.60 bits per heavy atom. The van der Waals surface area contributed by atoms with Crippen LogP contribution in [0.4, 0.5) is 0 Å². The average Bonchev–Trinajstić information content (AvgIpc) is 3.07. The van der Waals surface area contributed by atoms with Crippen LogP contribution in [-0.4, -0.2) is 20.0 Å². The molecule has 0 saturated carbocycles. The van der Waals surface area contributed by atoms with Crippen molar-refractivity contribution < 1.29 is 18.7 Å². The van der Waals surface area contributed by atoms with Gasteiger partial charge in [-0.25, -0.2) is 0 Å². The highest BCUT2D eigenvalue weighted by Crippen LogP contribution is 2.36. The van der Waals surface area contributed by atoms with Gasteiger partial charge in [0.15, 0.2) is 17.3 Å². The molecule has 1 aromatic carbocycles. The van der Waals surface area contributed by atoms with Crippen molar-refractivity contribution >= 4 is 11.9 Å².